The summed E-state index contributed by atoms with van der Waals surface area (Å²) >= 11 is 0. The minimum atomic E-state index is -1.45. The summed E-state index contributed by atoms with van der Waals surface area (Å²) in [6, 6.07) is -0.0988. The maximum absolute atomic E-state index is 15.6. The van der Waals surface area contributed by atoms with Crippen molar-refractivity contribution in [1.82, 2.24) is 4.57 Å². The number of nitrogen functional groups attached to an aromatic ring is 1. The van der Waals surface area contributed by atoms with E-state index in [1.807, 2.05) is 0 Å². The number of anilines is 2. The standard InChI is InChI=1S/C19H20F2N4O3/c20-13-15(23)12-16(25(8-1-2-8)6-10(18(12)26)19(27)28)14(21)17(13)24-4-7-3-11(22)9(7)5-24/h6-9,11H,1-5,22-23H2,(H,27,28)/t7-,9+,11-/m1/s1. The SMILES string of the molecule is Nc1c(F)c(N2C[C@H]3C[C@@H](N)[C@H]3C2)c(F)c2c1c(=O)c(C(=O)O)cn2C1CC1. The first-order valence-electron chi connectivity index (χ1n) is 9.38. The molecule has 2 aromatic rings. The minimum absolute atomic E-state index is 0.0293. The Bertz CT molecular complexity index is 1100. The van der Waals surface area contributed by atoms with Crippen molar-refractivity contribution in [3.63, 3.8) is 0 Å². The molecule has 7 nitrogen and oxygen atoms in total. The number of fused-ring (bicyclic) bond motifs is 2. The average molecular weight is 390 g/mol. The summed E-state index contributed by atoms with van der Waals surface area (Å²) in [5, 5.41) is 8.94. The number of aromatic nitrogens is 1. The smallest absolute Gasteiger partial charge is 0.341 e. The lowest BCUT2D eigenvalue weighted by atomic mass is 9.72. The summed E-state index contributed by atoms with van der Waals surface area (Å²) < 4.78 is 32.2. The number of rotatable bonds is 3. The Hall–Kier alpha value is -2.68. The molecule has 1 aromatic carbocycles. The van der Waals surface area contributed by atoms with Gasteiger partial charge >= 0.3 is 5.97 Å². The van der Waals surface area contributed by atoms with Crippen molar-refractivity contribution >= 4 is 28.2 Å². The van der Waals surface area contributed by atoms with Gasteiger partial charge < -0.3 is 26.0 Å². The molecule has 1 aromatic heterocycles. The molecule has 9 heteroatoms. The molecule has 5 rings (SSSR count). The number of hydrogen-bond donors (Lipinski definition) is 3. The summed E-state index contributed by atoms with van der Waals surface area (Å²) in [5.74, 6) is -2.84. The monoisotopic (exact) mass is 390 g/mol. The molecule has 0 radical (unpaired) electrons. The first-order chi connectivity index (χ1) is 13.3. The van der Waals surface area contributed by atoms with Crippen molar-refractivity contribution in [2.75, 3.05) is 23.7 Å². The fourth-order valence-corrected chi connectivity index (χ4v) is 4.76. The first kappa shape index (κ1) is 17.4. The molecule has 3 aliphatic rings. The van der Waals surface area contributed by atoms with Crippen LogP contribution in [0.15, 0.2) is 11.0 Å². The van der Waals surface area contributed by atoms with E-state index in [0.717, 1.165) is 25.5 Å². The third-order valence-corrected chi connectivity index (χ3v) is 6.47. The highest BCUT2D eigenvalue weighted by Crippen LogP contribution is 2.46. The van der Waals surface area contributed by atoms with Crippen molar-refractivity contribution in [1.29, 1.82) is 0 Å². The Morgan fingerprint density at radius 2 is 1.93 bits per heavy atom. The van der Waals surface area contributed by atoms with E-state index in [-0.39, 0.29) is 29.2 Å². The van der Waals surface area contributed by atoms with E-state index in [2.05, 4.69) is 0 Å². The molecule has 0 amide bonds. The number of carboxylic acids is 1. The second kappa shape index (κ2) is 5.66. The lowest BCUT2D eigenvalue weighted by molar-refractivity contribution is 0.0695. The van der Waals surface area contributed by atoms with Crippen molar-refractivity contribution in [3.8, 4) is 0 Å². The molecule has 5 N–H and O–H groups in total. The number of aromatic carboxylic acids is 1. The van der Waals surface area contributed by atoms with E-state index in [9.17, 15) is 14.7 Å². The Balaban J connectivity index is 1.78. The summed E-state index contributed by atoms with van der Waals surface area (Å²) in [5.41, 5.74) is 9.55. The van der Waals surface area contributed by atoms with E-state index >= 15 is 8.78 Å². The molecule has 2 heterocycles. The summed E-state index contributed by atoms with van der Waals surface area (Å²) in [4.78, 5) is 25.7. The maximum atomic E-state index is 15.6. The van der Waals surface area contributed by atoms with Gasteiger partial charge in [-0.3, -0.25) is 4.79 Å². The fraction of sp³-hybridized carbons (Fsp3) is 0.474. The second-order valence-corrected chi connectivity index (χ2v) is 8.16. The molecule has 0 unspecified atom stereocenters. The van der Waals surface area contributed by atoms with Gasteiger partial charge in [0.1, 0.15) is 11.3 Å². The minimum Gasteiger partial charge on any atom is -0.477 e. The van der Waals surface area contributed by atoms with Gasteiger partial charge in [0.05, 0.1) is 16.6 Å². The highest BCUT2D eigenvalue weighted by atomic mass is 19.1. The van der Waals surface area contributed by atoms with Gasteiger partial charge in [0.15, 0.2) is 11.6 Å². The first-order valence-corrected chi connectivity index (χ1v) is 9.38. The molecule has 2 aliphatic carbocycles. The van der Waals surface area contributed by atoms with Crippen molar-refractivity contribution in [2.45, 2.75) is 31.3 Å². The topological polar surface area (TPSA) is 115 Å². The van der Waals surface area contributed by atoms with Crippen LogP contribution in [0.25, 0.3) is 10.9 Å². The van der Waals surface area contributed by atoms with Gasteiger partial charge in [-0.25, -0.2) is 13.6 Å². The normalized spacial score (nSPS) is 26.4. The highest BCUT2D eigenvalue weighted by Gasteiger charge is 2.46. The molecule has 3 fully saturated rings. The van der Waals surface area contributed by atoms with Crippen LogP contribution in [-0.4, -0.2) is 34.8 Å². The molecule has 3 atom stereocenters. The number of benzene rings is 1. The molecule has 28 heavy (non-hydrogen) atoms. The van der Waals surface area contributed by atoms with Crippen LogP contribution >= 0.6 is 0 Å². The van der Waals surface area contributed by atoms with E-state index in [4.69, 9.17) is 11.5 Å². The van der Waals surface area contributed by atoms with Crippen LogP contribution in [0.1, 0.15) is 35.7 Å². The number of carbonyl (C=O) groups is 1. The molecule has 0 spiro atoms. The molecular weight excluding hydrogens is 370 g/mol. The van der Waals surface area contributed by atoms with Gasteiger partial charge in [-0.15, -0.1) is 0 Å². The molecular formula is C19H20F2N4O3. The van der Waals surface area contributed by atoms with E-state index in [0.29, 0.717) is 19.0 Å². The van der Waals surface area contributed by atoms with Gasteiger partial charge in [0.2, 0.25) is 5.43 Å². The summed E-state index contributed by atoms with van der Waals surface area (Å²) in [6.07, 6.45) is 3.43. The Morgan fingerprint density at radius 1 is 1.21 bits per heavy atom. The number of halogens is 2. The number of nitrogens with two attached hydrogens (primary N) is 2. The van der Waals surface area contributed by atoms with Crippen LogP contribution < -0.4 is 21.8 Å². The average Bonchev–Trinajstić information content (AvgIpc) is 3.42. The zero-order chi connectivity index (χ0) is 19.9. The molecule has 1 aliphatic heterocycles. The van der Waals surface area contributed by atoms with Crippen LogP contribution in [0, 0.1) is 23.5 Å². The fourth-order valence-electron chi connectivity index (χ4n) is 4.76. The zero-order valence-electron chi connectivity index (χ0n) is 15.0. The number of pyridine rings is 1. The Labute approximate surface area is 158 Å². The second-order valence-electron chi connectivity index (χ2n) is 8.16. The molecule has 0 bridgehead atoms. The zero-order valence-corrected chi connectivity index (χ0v) is 15.0. The van der Waals surface area contributed by atoms with Gasteiger partial charge in [-0.05, 0) is 31.1 Å². The van der Waals surface area contributed by atoms with Crippen LogP contribution in [0.5, 0.6) is 0 Å². The van der Waals surface area contributed by atoms with Gasteiger partial charge in [0.25, 0.3) is 0 Å². The molecule has 148 valence electrons. The van der Waals surface area contributed by atoms with E-state index < -0.39 is 39.7 Å². The molecule has 1 saturated heterocycles. The van der Waals surface area contributed by atoms with Crippen molar-refractivity contribution < 1.29 is 18.7 Å². The lowest BCUT2D eigenvalue weighted by Gasteiger charge is -2.36. The van der Waals surface area contributed by atoms with Crippen molar-refractivity contribution in [2.24, 2.45) is 17.6 Å². The Morgan fingerprint density at radius 3 is 2.50 bits per heavy atom. The predicted molar refractivity (Wildman–Crippen MR) is 99.6 cm³/mol. The quantitative estimate of drug-likeness (QED) is 0.687. The highest BCUT2D eigenvalue weighted by molar-refractivity contribution is 5.99. The van der Waals surface area contributed by atoms with E-state index in [1.165, 1.54) is 4.57 Å². The van der Waals surface area contributed by atoms with Crippen LogP contribution in [0.2, 0.25) is 0 Å². The largest absolute Gasteiger partial charge is 0.477 e. The third-order valence-electron chi connectivity index (χ3n) is 6.47. The van der Waals surface area contributed by atoms with Crippen LogP contribution in [0.4, 0.5) is 20.2 Å². The lowest BCUT2D eigenvalue weighted by Crippen LogP contribution is -2.46. The Kier molecular flexibility index (Phi) is 3.52. The number of nitrogens with zero attached hydrogens (tertiary/aromatic N) is 2. The van der Waals surface area contributed by atoms with Gasteiger partial charge in [-0.1, -0.05) is 0 Å². The summed E-state index contributed by atoms with van der Waals surface area (Å²) in [6.45, 7) is 0.920. The van der Waals surface area contributed by atoms with Gasteiger partial charge in [-0.2, -0.15) is 0 Å². The summed E-state index contributed by atoms with van der Waals surface area (Å²) in [7, 11) is 0. The molecule has 2 saturated carbocycles. The third kappa shape index (κ3) is 2.22. The predicted octanol–water partition coefficient (Wildman–Crippen LogP) is 1.68. The van der Waals surface area contributed by atoms with Crippen molar-refractivity contribution in [3.05, 3.63) is 33.6 Å². The number of hydrogen-bond acceptors (Lipinski definition) is 5. The maximum Gasteiger partial charge on any atom is 0.341 e. The van der Waals surface area contributed by atoms with Crippen LogP contribution in [-0.2, 0) is 0 Å². The number of carboxylic acid groups (broad SMARTS) is 1. The van der Waals surface area contributed by atoms with Crippen LogP contribution in [0.3, 0.4) is 0 Å². The van der Waals surface area contributed by atoms with Gasteiger partial charge in [0, 0.05) is 31.4 Å². The van der Waals surface area contributed by atoms with E-state index in [1.54, 1.807) is 4.90 Å².